The van der Waals surface area contributed by atoms with Crippen LogP contribution in [0.2, 0.25) is 0 Å². The molecule has 1 aromatic rings. The van der Waals surface area contributed by atoms with Gasteiger partial charge in [0.2, 0.25) is 5.91 Å². The van der Waals surface area contributed by atoms with Gasteiger partial charge in [-0.2, -0.15) is 5.10 Å². The lowest BCUT2D eigenvalue weighted by atomic mass is 9.87. The van der Waals surface area contributed by atoms with E-state index in [1.54, 1.807) is 11.0 Å². The van der Waals surface area contributed by atoms with Gasteiger partial charge in [0.15, 0.2) is 0 Å². The van der Waals surface area contributed by atoms with E-state index in [2.05, 4.69) is 23.9 Å². The lowest BCUT2D eigenvalue weighted by molar-refractivity contribution is -0.133. The third kappa shape index (κ3) is 5.09. The van der Waals surface area contributed by atoms with Crippen molar-refractivity contribution in [2.24, 2.45) is 11.8 Å². The molecular formula is C16H28N4O2. The molecule has 22 heavy (non-hydrogen) atoms. The summed E-state index contributed by atoms with van der Waals surface area (Å²) < 4.78 is 1.75. The summed E-state index contributed by atoms with van der Waals surface area (Å²) in [5.41, 5.74) is 0. The van der Waals surface area contributed by atoms with Gasteiger partial charge in [-0.3, -0.25) is 9.48 Å². The normalized spacial score (nSPS) is 17.9. The van der Waals surface area contributed by atoms with Gasteiger partial charge in [-0.1, -0.05) is 13.8 Å². The molecule has 2 heterocycles. The Morgan fingerprint density at radius 1 is 1.36 bits per heavy atom. The Bertz CT molecular complexity index is 439. The molecule has 0 unspecified atom stereocenters. The van der Waals surface area contributed by atoms with Crippen LogP contribution in [0.5, 0.6) is 0 Å². The van der Waals surface area contributed by atoms with Gasteiger partial charge in [0.1, 0.15) is 12.7 Å². The highest BCUT2D eigenvalue weighted by Crippen LogP contribution is 2.24. The van der Waals surface area contributed by atoms with Crippen LogP contribution >= 0.6 is 0 Å². The summed E-state index contributed by atoms with van der Waals surface area (Å²) in [6.07, 6.45) is 7.00. The van der Waals surface area contributed by atoms with Gasteiger partial charge in [0.05, 0.1) is 6.10 Å². The van der Waals surface area contributed by atoms with Crippen LogP contribution in [0.15, 0.2) is 12.7 Å². The number of carbonyl (C=O) groups is 1. The van der Waals surface area contributed by atoms with Crippen molar-refractivity contribution in [3.8, 4) is 0 Å². The number of likely N-dealkylation sites (tertiary alicyclic amines) is 1. The highest BCUT2D eigenvalue weighted by Gasteiger charge is 2.27. The molecule has 0 aromatic carbocycles. The maximum Gasteiger partial charge on any atom is 0.222 e. The van der Waals surface area contributed by atoms with E-state index in [1.165, 1.54) is 6.33 Å². The minimum atomic E-state index is -0.218. The van der Waals surface area contributed by atoms with Crippen molar-refractivity contribution in [3.05, 3.63) is 12.7 Å². The molecule has 6 heteroatoms. The summed E-state index contributed by atoms with van der Waals surface area (Å²) in [5, 5.41) is 14.2. The molecule has 0 aliphatic carbocycles. The predicted octanol–water partition coefficient (Wildman–Crippen LogP) is 1.70. The van der Waals surface area contributed by atoms with Crippen LogP contribution < -0.4 is 0 Å². The van der Waals surface area contributed by atoms with E-state index in [9.17, 15) is 9.90 Å². The van der Waals surface area contributed by atoms with Crippen LogP contribution in [-0.4, -0.2) is 49.9 Å². The molecule has 1 N–H and O–H groups in total. The first-order chi connectivity index (χ1) is 10.6. The number of nitrogens with zero attached hydrogens (tertiary/aromatic N) is 4. The summed E-state index contributed by atoms with van der Waals surface area (Å²) in [6.45, 7) is 6.56. The molecule has 0 saturated carbocycles. The summed E-state index contributed by atoms with van der Waals surface area (Å²) >= 11 is 0. The molecule has 1 aliphatic heterocycles. The van der Waals surface area contributed by atoms with Crippen LogP contribution in [0.1, 0.15) is 46.0 Å². The number of piperidine rings is 1. The molecule has 1 amide bonds. The molecule has 6 nitrogen and oxygen atoms in total. The van der Waals surface area contributed by atoms with Gasteiger partial charge in [-0.15, -0.1) is 0 Å². The smallest absolute Gasteiger partial charge is 0.222 e. The zero-order valence-electron chi connectivity index (χ0n) is 13.7. The fourth-order valence-corrected chi connectivity index (χ4v) is 3.11. The first-order valence-corrected chi connectivity index (χ1v) is 8.34. The molecule has 2 rings (SSSR count). The monoisotopic (exact) mass is 308 g/mol. The van der Waals surface area contributed by atoms with Gasteiger partial charge < -0.3 is 10.0 Å². The number of amides is 1. The summed E-state index contributed by atoms with van der Waals surface area (Å²) in [4.78, 5) is 18.0. The molecule has 0 spiro atoms. The molecular weight excluding hydrogens is 280 g/mol. The van der Waals surface area contributed by atoms with Crippen LogP contribution in [-0.2, 0) is 11.3 Å². The van der Waals surface area contributed by atoms with Crippen LogP contribution in [0.3, 0.4) is 0 Å². The van der Waals surface area contributed by atoms with Crippen LogP contribution in [0.25, 0.3) is 0 Å². The standard InChI is InChI=1S/C16H28N4O2/c1-13(2)10-15(21)14-5-8-19(9-6-14)16(22)4-3-7-20-12-17-11-18-20/h11-15,21H,3-10H2,1-2H3/t15-/m1/s1. The molecule has 1 aromatic heterocycles. The van der Waals surface area contributed by atoms with Crippen molar-refractivity contribution >= 4 is 5.91 Å². The quantitative estimate of drug-likeness (QED) is 0.832. The largest absolute Gasteiger partial charge is 0.393 e. The summed E-state index contributed by atoms with van der Waals surface area (Å²) in [5.74, 6) is 1.09. The third-order valence-electron chi connectivity index (χ3n) is 4.39. The number of rotatable bonds is 7. The molecule has 1 atom stereocenters. The number of aryl methyl sites for hydroxylation is 1. The fraction of sp³-hybridized carbons (Fsp3) is 0.812. The fourth-order valence-electron chi connectivity index (χ4n) is 3.11. The zero-order valence-corrected chi connectivity index (χ0v) is 13.7. The van der Waals surface area contributed by atoms with Gasteiger partial charge in [-0.05, 0) is 37.5 Å². The number of hydrogen-bond donors (Lipinski definition) is 1. The second-order valence-corrected chi connectivity index (χ2v) is 6.68. The van der Waals surface area contributed by atoms with Gasteiger partial charge in [0.25, 0.3) is 0 Å². The molecule has 0 radical (unpaired) electrons. The average molecular weight is 308 g/mol. The van der Waals surface area contributed by atoms with Gasteiger partial charge in [-0.25, -0.2) is 4.98 Å². The Morgan fingerprint density at radius 2 is 2.09 bits per heavy atom. The molecule has 1 aliphatic rings. The topological polar surface area (TPSA) is 71.2 Å². The van der Waals surface area contributed by atoms with Crippen LogP contribution in [0, 0.1) is 11.8 Å². The third-order valence-corrected chi connectivity index (χ3v) is 4.39. The summed E-state index contributed by atoms with van der Waals surface area (Å²) in [6, 6.07) is 0. The maximum absolute atomic E-state index is 12.2. The highest BCUT2D eigenvalue weighted by atomic mass is 16.3. The average Bonchev–Trinajstić information content (AvgIpc) is 3.00. The molecule has 1 fully saturated rings. The van der Waals surface area contributed by atoms with Gasteiger partial charge >= 0.3 is 0 Å². The van der Waals surface area contributed by atoms with Crippen molar-refractivity contribution in [3.63, 3.8) is 0 Å². The van der Waals surface area contributed by atoms with E-state index >= 15 is 0 Å². The predicted molar refractivity (Wildman–Crippen MR) is 84.0 cm³/mol. The van der Waals surface area contributed by atoms with Crippen molar-refractivity contribution in [2.75, 3.05) is 13.1 Å². The van der Waals surface area contributed by atoms with E-state index in [-0.39, 0.29) is 12.0 Å². The first kappa shape index (κ1) is 16.9. The van der Waals surface area contributed by atoms with Crippen LogP contribution in [0.4, 0.5) is 0 Å². The molecule has 124 valence electrons. The first-order valence-electron chi connectivity index (χ1n) is 8.34. The van der Waals surface area contributed by atoms with Crippen molar-refractivity contribution in [1.29, 1.82) is 0 Å². The van der Waals surface area contributed by atoms with Crippen molar-refractivity contribution in [1.82, 2.24) is 19.7 Å². The minimum Gasteiger partial charge on any atom is -0.393 e. The number of aliphatic hydroxyl groups is 1. The number of aliphatic hydroxyl groups excluding tert-OH is 1. The second kappa shape index (κ2) is 8.27. The lowest BCUT2D eigenvalue weighted by Gasteiger charge is -2.34. The number of hydrogen-bond acceptors (Lipinski definition) is 4. The second-order valence-electron chi connectivity index (χ2n) is 6.68. The Balaban J connectivity index is 1.66. The van der Waals surface area contributed by atoms with Gasteiger partial charge in [0, 0.05) is 26.1 Å². The Labute approximate surface area is 132 Å². The van der Waals surface area contributed by atoms with Crippen molar-refractivity contribution in [2.45, 2.75) is 58.6 Å². The number of aromatic nitrogens is 3. The highest BCUT2D eigenvalue weighted by molar-refractivity contribution is 5.76. The zero-order chi connectivity index (χ0) is 15.9. The van der Waals surface area contributed by atoms with E-state index in [4.69, 9.17) is 0 Å². The Kier molecular flexibility index (Phi) is 6.36. The molecule has 1 saturated heterocycles. The molecule has 0 bridgehead atoms. The van der Waals surface area contributed by atoms with E-state index in [0.717, 1.165) is 45.3 Å². The number of carbonyl (C=O) groups excluding carboxylic acids is 1. The summed E-state index contributed by atoms with van der Waals surface area (Å²) in [7, 11) is 0. The SMILES string of the molecule is CC(C)C[C@@H](O)C1CCN(C(=O)CCCn2cncn2)CC1. The van der Waals surface area contributed by atoms with E-state index in [1.807, 2.05) is 4.90 Å². The van der Waals surface area contributed by atoms with Crippen molar-refractivity contribution < 1.29 is 9.90 Å². The lowest BCUT2D eigenvalue weighted by Crippen LogP contribution is -2.41. The Hall–Kier alpha value is -1.43. The van der Waals surface area contributed by atoms with E-state index < -0.39 is 0 Å². The minimum absolute atomic E-state index is 0.218. The van der Waals surface area contributed by atoms with E-state index in [0.29, 0.717) is 18.3 Å². The maximum atomic E-state index is 12.2. The Morgan fingerprint density at radius 3 is 2.68 bits per heavy atom.